The molecule has 0 saturated carbocycles. The lowest BCUT2D eigenvalue weighted by Crippen LogP contribution is -2.35. The summed E-state index contributed by atoms with van der Waals surface area (Å²) < 4.78 is 7.33. The molecule has 3 aromatic heterocycles. The molecule has 0 spiro atoms. The van der Waals surface area contributed by atoms with E-state index in [0.717, 1.165) is 21.7 Å². The molecule has 0 amide bonds. The molecular weight excluding hydrogens is 422 g/mol. The van der Waals surface area contributed by atoms with Crippen molar-refractivity contribution in [2.24, 2.45) is 5.92 Å². The zero-order valence-electron chi connectivity index (χ0n) is 17.4. The molecule has 156 valence electrons. The van der Waals surface area contributed by atoms with Gasteiger partial charge in [-0.05, 0) is 47.0 Å². The minimum absolute atomic E-state index is 0.221. The number of aromatic nitrogens is 2. The number of nitrogens with zero attached hydrogens (tertiary/aromatic N) is 2. The molecule has 1 aromatic carbocycles. The van der Waals surface area contributed by atoms with E-state index in [0.29, 0.717) is 6.61 Å². The summed E-state index contributed by atoms with van der Waals surface area (Å²) in [4.78, 5) is 10.2. The normalized spacial score (nSPS) is 20.7. The van der Waals surface area contributed by atoms with Crippen molar-refractivity contribution in [2.45, 2.75) is 26.1 Å². The van der Waals surface area contributed by atoms with E-state index in [2.05, 4.69) is 94.5 Å². The summed E-state index contributed by atoms with van der Waals surface area (Å²) in [6.07, 6.45) is 8.08. The van der Waals surface area contributed by atoms with Crippen LogP contribution in [0.15, 0.2) is 83.5 Å². The summed E-state index contributed by atoms with van der Waals surface area (Å²) >= 11 is 3.41. The van der Waals surface area contributed by atoms with Gasteiger partial charge < -0.3 is 10.1 Å². The standard InChI is InChI=1S/C25H23N3OS2/c1-17-12-20(8-10-25(17,2)29-14-18-9-11-30-15-18)28-24-23-21(26-16-27-24)13-22(31-23)19-6-4-3-5-7-19/h3-13,15-17H,14H2,1-2H3,(H,26,27,28). The Balaban J connectivity index is 1.35. The fourth-order valence-electron chi connectivity index (χ4n) is 3.60. The predicted octanol–water partition coefficient (Wildman–Crippen LogP) is 6.90. The molecule has 1 aliphatic rings. The molecule has 4 aromatic rings. The van der Waals surface area contributed by atoms with Gasteiger partial charge in [-0.1, -0.05) is 49.4 Å². The molecule has 3 heterocycles. The zero-order chi connectivity index (χ0) is 21.3. The lowest BCUT2D eigenvalue weighted by Gasteiger charge is -2.34. The fourth-order valence-corrected chi connectivity index (χ4v) is 5.31. The fraction of sp³-hybridized carbons (Fsp3) is 0.200. The van der Waals surface area contributed by atoms with Crippen molar-refractivity contribution >= 4 is 38.7 Å². The minimum Gasteiger partial charge on any atom is -0.366 e. The van der Waals surface area contributed by atoms with Crippen LogP contribution in [0.4, 0.5) is 5.82 Å². The molecule has 0 radical (unpaired) electrons. The van der Waals surface area contributed by atoms with Crippen LogP contribution in [0.5, 0.6) is 0 Å². The van der Waals surface area contributed by atoms with Crippen LogP contribution in [0.1, 0.15) is 19.4 Å². The van der Waals surface area contributed by atoms with Crippen molar-refractivity contribution in [3.63, 3.8) is 0 Å². The van der Waals surface area contributed by atoms with Crippen molar-refractivity contribution < 1.29 is 4.74 Å². The van der Waals surface area contributed by atoms with Gasteiger partial charge in [0.2, 0.25) is 0 Å². The number of thiophene rings is 2. The van der Waals surface area contributed by atoms with E-state index in [1.54, 1.807) is 29.0 Å². The third kappa shape index (κ3) is 4.19. The Morgan fingerprint density at radius 2 is 2.03 bits per heavy atom. The van der Waals surface area contributed by atoms with Gasteiger partial charge >= 0.3 is 0 Å². The molecule has 0 bridgehead atoms. The van der Waals surface area contributed by atoms with Gasteiger partial charge in [0.25, 0.3) is 0 Å². The van der Waals surface area contributed by atoms with E-state index in [9.17, 15) is 0 Å². The zero-order valence-corrected chi connectivity index (χ0v) is 19.0. The number of rotatable bonds is 6. The predicted molar refractivity (Wildman–Crippen MR) is 130 cm³/mol. The van der Waals surface area contributed by atoms with Crippen LogP contribution < -0.4 is 5.32 Å². The monoisotopic (exact) mass is 445 g/mol. The van der Waals surface area contributed by atoms with Gasteiger partial charge in [-0.3, -0.25) is 0 Å². The van der Waals surface area contributed by atoms with E-state index < -0.39 is 0 Å². The third-order valence-corrected chi connectivity index (χ3v) is 7.60. The van der Waals surface area contributed by atoms with E-state index in [1.807, 2.05) is 6.07 Å². The Morgan fingerprint density at radius 3 is 2.81 bits per heavy atom. The maximum absolute atomic E-state index is 6.27. The highest BCUT2D eigenvalue weighted by Crippen LogP contribution is 2.37. The second-order valence-corrected chi connectivity index (χ2v) is 9.72. The van der Waals surface area contributed by atoms with E-state index in [1.165, 1.54) is 16.0 Å². The van der Waals surface area contributed by atoms with Gasteiger partial charge in [-0.15, -0.1) is 11.3 Å². The number of allylic oxidation sites excluding steroid dienone is 1. The highest BCUT2D eigenvalue weighted by Gasteiger charge is 2.31. The topological polar surface area (TPSA) is 47.0 Å². The minimum atomic E-state index is -0.336. The number of hydrogen-bond acceptors (Lipinski definition) is 6. The number of nitrogens with one attached hydrogen (secondary N) is 1. The molecule has 31 heavy (non-hydrogen) atoms. The van der Waals surface area contributed by atoms with Crippen molar-refractivity contribution in [3.8, 4) is 10.4 Å². The summed E-state index contributed by atoms with van der Waals surface area (Å²) in [6.45, 7) is 4.95. The Bertz CT molecular complexity index is 1240. The molecule has 0 saturated heterocycles. The second kappa shape index (κ2) is 8.38. The highest BCUT2D eigenvalue weighted by atomic mass is 32.1. The van der Waals surface area contributed by atoms with Crippen LogP contribution in [0.3, 0.4) is 0 Å². The van der Waals surface area contributed by atoms with Crippen LogP contribution in [0.25, 0.3) is 20.7 Å². The molecule has 5 rings (SSSR count). The average molecular weight is 446 g/mol. The maximum Gasteiger partial charge on any atom is 0.151 e. The quantitative estimate of drug-likeness (QED) is 0.351. The summed E-state index contributed by atoms with van der Waals surface area (Å²) in [5, 5.41) is 7.72. The van der Waals surface area contributed by atoms with Crippen molar-refractivity contribution in [1.29, 1.82) is 0 Å². The Hall–Kier alpha value is -2.80. The largest absolute Gasteiger partial charge is 0.366 e. The first-order valence-corrected chi connectivity index (χ1v) is 12.0. The third-order valence-electron chi connectivity index (χ3n) is 5.69. The first kappa shape index (κ1) is 20.1. The Morgan fingerprint density at radius 1 is 1.16 bits per heavy atom. The van der Waals surface area contributed by atoms with Crippen LogP contribution in [0.2, 0.25) is 0 Å². The highest BCUT2D eigenvalue weighted by molar-refractivity contribution is 7.22. The first-order chi connectivity index (χ1) is 15.1. The van der Waals surface area contributed by atoms with Gasteiger partial charge in [0.1, 0.15) is 6.33 Å². The molecule has 2 unspecified atom stereocenters. The molecular formula is C25H23N3OS2. The van der Waals surface area contributed by atoms with Gasteiger partial charge in [-0.25, -0.2) is 9.97 Å². The van der Waals surface area contributed by atoms with Crippen molar-refractivity contribution in [3.05, 3.63) is 89.0 Å². The van der Waals surface area contributed by atoms with E-state index in [4.69, 9.17) is 4.74 Å². The lowest BCUT2D eigenvalue weighted by molar-refractivity contribution is -0.0319. The van der Waals surface area contributed by atoms with E-state index >= 15 is 0 Å². The Labute approximate surface area is 190 Å². The van der Waals surface area contributed by atoms with Crippen LogP contribution in [-0.2, 0) is 11.3 Å². The molecule has 0 fully saturated rings. The summed E-state index contributed by atoms with van der Waals surface area (Å²) in [6, 6.07) is 14.6. The molecule has 2 atom stereocenters. The van der Waals surface area contributed by atoms with Crippen LogP contribution in [-0.4, -0.2) is 15.6 Å². The van der Waals surface area contributed by atoms with Crippen LogP contribution >= 0.6 is 22.7 Å². The average Bonchev–Trinajstić information content (AvgIpc) is 3.46. The lowest BCUT2D eigenvalue weighted by atomic mass is 9.85. The Kier molecular flexibility index (Phi) is 5.44. The number of hydrogen-bond donors (Lipinski definition) is 1. The van der Waals surface area contributed by atoms with Gasteiger partial charge in [-0.2, -0.15) is 11.3 Å². The van der Waals surface area contributed by atoms with Crippen molar-refractivity contribution in [1.82, 2.24) is 9.97 Å². The maximum atomic E-state index is 6.27. The van der Waals surface area contributed by atoms with E-state index in [-0.39, 0.29) is 11.5 Å². The second-order valence-electron chi connectivity index (χ2n) is 7.89. The smallest absolute Gasteiger partial charge is 0.151 e. The van der Waals surface area contributed by atoms with Gasteiger partial charge in [0, 0.05) is 16.5 Å². The molecule has 1 aliphatic carbocycles. The summed E-state index contributed by atoms with van der Waals surface area (Å²) in [7, 11) is 0. The molecule has 4 nitrogen and oxygen atoms in total. The van der Waals surface area contributed by atoms with Crippen LogP contribution in [0, 0.1) is 5.92 Å². The van der Waals surface area contributed by atoms with Gasteiger partial charge in [0.05, 0.1) is 22.4 Å². The summed E-state index contributed by atoms with van der Waals surface area (Å²) in [5.74, 6) is 1.06. The summed E-state index contributed by atoms with van der Waals surface area (Å²) in [5.41, 5.74) is 4.06. The van der Waals surface area contributed by atoms with Gasteiger partial charge in [0.15, 0.2) is 5.82 Å². The number of anilines is 1. The first-order valence-electron chi connectivity index (χ1n) is 10.2. The number of fused-ring (bicyclic) bond motifs is 1. The van der Waals surface area contributed by atoms with Crippen molar-refractivity contribution in [2.75, 3.05) is 5.32 Å². The molecule has 0 aliphatic heterocycles. The number of ether oxygens (including phenoxy) is 1. The number of benzene rings is 1. The molecule has 6 heteroatoms. The molecule has 1 N–H and O–H groups in total. The SMILES string of the molecule is CC1C=C(Nc2ncnc3cc(-c4ccccc4)sc23)C=CC1(C)OCc1ccsc1.